The number of carbonyl (C=O) groups is 1. The number of fused-ring (bicyclic) bond motifs is 4. The van der Waals surface area contributed by atoms with Gasteiger partial charge in [0.05, 0.1) is 23.9 Å². The number of carbonyl (C=O) groups excluding carboxylic acids is 1. The maximum absolute atomic E-state index is 13.1. The highest BCUT2D eigenvalue weighted by atomic mass is 16.6. The van der Waals surface area contributed by atoms with Crippen LogP contribution in [0.2, 0.25) is 0 Å². The quantitative estimate of drug-likeness (QED) is 0.377. The molecule has 14 atom stereocenters. The molecule has 2 saturated heterocycles. The van der Waals surface area contributed by atoms with Crippen LogP contribution in [0.4, 0.5) is 0 Å². The van der Waals surface area contributed by atoms with Gasteiger partial charge in [0.2, 0.25) is 0 Å². The summed E-state index contributed by atoms with van der Waals surface area (Å²) in [5.41, 5.74) is -0.734. The summed E-state index contributed by atoms with van der Waals surface area (Å²) in [5.74, 6) is 1.67. The number of aliphatic hydroxyl groups excluding tert-OH is 1. The van der Waals surface area contributed by atoms with Crippen LogP contribution in [0, 0.1) is 50.7 Å². The first-order valence-electron chi connectivity index (χ1n) is 18.1. The van der Waals surface area contributed by atoms with Crippen molar-refractivity contribution in [3.8, 4) is 0 Å². The Morgan fingerprint density at radius 2 is 1.73 bits per heavy atom. The molecule has 7 rings (SSSR count). The molecule has 7 heteroatoms. The molecule has 0 radical (unpaired) electrons. The Balaban J connectivity index is 1.15. The van der Waals surface area contributed by atoms with Gasteiger partial charge in [-0.15, -0.1) is 0 Å². The zero-order valence-corrected chi connectivity index (χ0v) is 29.0. The molecule has 2 unspecified atom stereocenters. The van der Waals surface area contributed by atoms with Gasteiger partial charge in [-0.05, 0) is 126 Å². The van der Waals surface area contributed by atoms with E-state index in [2.05, 4.69) is 39.5 Å². The molecule has 2 N–H and O–H groups in total. The molecular formula is C37H61NO6. The molecule has 5 saturated carbocycles. The molecule has 2 heterocycles. The molecular weight excluding hydrogens is 554 g/mol. The summed E-state index contributed by atoms with van der Waals surface area (Å²) < 4.78 is 19.4. The fourth-order valence-electron chi connectivity index (χ4n) is 13.7. The van der Waals surface area contributed by atoms with Crippen LogP contribution in [0.15, 0.2) is 0 Å². The van der Waals surface area contributed by atoms with Crippen LogP contribution < -0.4 is 0 Å². The highest BCUT2D eigenvalue weighted by Gasteiger charge is 2.84. The Hall–Kier alpha value is -0.730. The van der Waals surface area contributed by atoms with Crippen LogP contribution in [0.5, 0.6) is 0 Å². The number of hydrogen-bond donors (Lipinski definition) is 2. The second-order valence-electron chi connectivity index (χ2n) is 18.3. The van der Waals surface area contributed by atoms with Gasteiger partial charge < -0.3 is 24.4 Å². The van der Waals surface area contributed by atoms with E-state index in [-0.39, 0.29) is 52.0 Å². The standard InChI is InChI=1S/C37H61NO6/c1-10-42-30(33(5,6)41)23-19-21(2)27-28(43-23)29(39)35(8)25-12-11-24-32(3,4)26(44-31(40)22-14-18-38(22)9)13-15-36(24)20-37(25,36)17-16-34(27,35)7/h21-30,39,41H,10-20H2,1-9H3/t21-,22?,23-,24+,25+,26+,27+,28+,29+,30+,34-,35-,36?,37+/m1/s1. The molecule has 2 spiro atoms. The van der Waals surface area contributed by atoms with E-state index in [1.54, 1.807) is 0 Å². The predicted octanol–water partition coefficient (Wildman–Crippen LogP) is 5.59. The van der Waals surface area contributed by atoms with Crippen LogP contribution >= 0.6 is 0 Å². The van der Waals surface area contributed by atoms with Gasteiger partial charge in [0.25, 0.3) is 0 Å². The lowest BCUT2D eigenvalue weighted by atomic mass is 9.41. The number of aliphatic hydroxyl groups is 2. The van der Waals surface area contributed by atoms with Gasteiger partial charge in [-0.25, -0.2) is 0 Å². The summed E-state index contributed by atoms with van der Waals surface area (Å²) in [6.07, 6.45) is 8.35. The molecule has 0 aromatic rings. The largest absolute Gasteiger partial charge is 0.461 e. The summed E-state index contributed by atoms with van der Waals surface area (Å²) in [7, 11) is 2.02. The maximum atomic E-state index is 13.1. The lowest BCUT2D eigenvalue weighted by Crippen LogP contribution is -2.60. The van der Waals surface area contributed by atoms with Gasteiger partial charge in [-0.1, -0.05) is 34.6 Å². The fourth-order valence-corrected chi connectivity index (χ4v) is 13.7. The molecule has 250 valence electrons. The average Bonchev–Trinajstić information content (AvgIpc) is 3.56. The van der Waals surface area contributed by atoms with E-state index < -0.39 is 17.8 Å². The first-order chi connectivity index (χ1) is 20.5. The molecule has 0 aromatic carbocycles. The first-order valence-corrected chi connectivity index (χ1v) is 18.1. The highest BCUT2D eigenvalue weighted by Crippen LogP contribution is 2.89. The summed E-state index contributed by atoms with van der Waals surface area (Å²) >= 11 is 0. The minimum Gasteiger partial charge on any atom is -0.461 e. The monoisotopic (exact) mass is 615 g/mol. The zero-order chi connectivity index (χ0) is 31.8. The van der Waals surface area contributed by atoms with Crippen molar-refractivity contribution in [2.45, 2.75) is 155 Å². The number of ether oxygens (including phenoxy) is 3. The second kappa shape index (κ2) is 9.90. The fraction of sp³-hybridized carbons (Fsp3) is 0.973. The van der Waals surface area contributed by atoms with Crippen molar-refractivity contribution in [2.24, 2.45) is 50.7 Å². The molecule has 7 aliphatic rings. The Labute approximate surface area is 266 Å². The van der Waals surface area contributed by atoms with Crippen molar-refractivity contribution in [2.75, 3.05) is 20.2 Å². The molecule has 0 bridgehead atoms. The number of likely N-dealkylation sites (N-methyl/N-ethyl adjacent to an activating group) is 1. The first kappa shape index (κ1) is 31.8. The van der Waals surface area contributed by atoms with Crippen molar-refractivity contribution in [1.82, 2.24) is 4.90 Å². The lowest BCUT2D eigenvalue weighted by molar-refractivity contribution is -0.215. The number of likely N-dealkylation sites (tertiary alicyclic amines) is 1. The predicted molar refractivity (Wildman–Crippen MR) is 169 cm³/mol. The van der Waals surface area contributed by atoms with E-state index >= 15 is 0 Å². The molecule has 7 fully saturated rings. The maximum Gasteiger partial charge on any atom is 0.323 e. The van der Waals surface area contributed by atoms with Gasteiger partial charge in [0.15, 0.2) is 0 Å². The van der Waals surface area contributed by atoms with Gasteiger partial charge in [0.1, 0.15) is 18.2 Å². The third-order valence-electron chi connectivity index (χ3n) is 16.0. The topological polar surface area (TPSA) is 88.5 Å². The van der Waals surface area contributed by atoms with E-state index in [4.69, 9.17) is 14.2 Å². The van der Waals surface area contributed by atoms with Crippen LogP contribution in [0.25, 0.3) is 0 Å². The molecule has 7 nitrogen and oxygen atoms in total. The van der Waals surface area contributed by atoms with E-state index in [0.29, 0.717) is 35.7 Å². The Morgan fingerprint density at radius 3 is 2.34 bits per heavy atom. The Morgan fingerprint density at radius 1 is 1.05 bits per heavy atom. The summed E-state index contributed by atoms with van der Waals surface area (Å²) in [6.45, 7) is 19.2. The van der Waals surface area contributed by atoms with Crippen molar-refractivity contribution in [1.29, 1.82) is 0 Å². The normalized spacial score (nSPS) is 53.2. The minimum absolute atomic E-state index is 0.000889. The van der Waals surface area contributed by atoms with Crippen molar-refractivity contribution < 1.29 is 29.2 Å². The molecule has 44 heavy (non-hydrogen) atoms. The van der Waals surface area contributed by atoms with E-state index in [0.717, 1.165) is 51.5 Å². The van der Waals surface area contributed by atoms with Crippen LogP contribution in [0.1, 0.15) is 113 Å². The van der Waals surface area contributed by atoms with E-state index in [9.17, 15) is 15.0 Å². The second-order valence-corrected chi connectivity index (χ2v) is 18.3. The molecule has 5 aliphatic carbocycles. The molecule has 0 aromatic heterocycles. The summed E-state index contributed by atoms with van der Waals surface area (Å²) in [5, 5.41) is 23.5. The Bertz CT molecular complexity index is 1170. The van der Waals surface area contributed by atoms with Crippen molar-refractivity contribution in [3.05, 3.63) is 0 Å². The minimum atomic E-state index is -1.02. The third kappa shape index (κ3) is 3.88. The van der Waals surface area contributed by atoms with Crippen molar-refractivity contribution >= 4 is 5.97 Å². The molecule has 2 aliphatic heterocycles. The van der Waals surface area contributed by atoms with E-state index in [1.165, 1.54) is 12.8 Å². The number of hydrogen-bond acceptors (Lipinski definition) is 7. The van der Waals surface area contributed by atoms with Gasteiger partial charge in [-0.3, -0.25) is 9.69 Å². The summed E-state index contributed by atoms with van der Waals surface area (Å²) in [4.78, 5) is 15.2. The van der Waals surface area contributed by atoms with Crippen LogP contribution in [-0.2, 0) is 19.0 Å². The molecule has 0 amide bonds. The SMILES string of the molecule is CCO[C@@H]([C@H]1C[C@@H](C)[C@H]2[C@H](O1)[C@H](O)[C@@]1(C)[C@@H]3CC[C@H]4C(C)(C)[C@@H](OC(=O)C5CCN5C)CCC45C[C@@]35CC[C@]21C)C(C)(C)O. The zero-order valence-electron chi connectivity index (χ0n) is 29.0. The smallest absolute Gasteiger partial charge is 0.323 e. The summed E-state index contributed by atoms with van der Waals surface area (Å²) in [6, 6.07) is -0.0653. The lowest BCUT2D eigenvalue weighted by Gasteiger charge is -2.63. The Kier molecular flexibility index (Phi) is 7.17. The van der Waals surface area contributed by atoms with E-state index in [1.807, 2.05) is 27.8 Å². The van der Waals surface area contributed by atoms with Gasteiger partial charge in [-0.2, -0.15) is 0 Å². The van der Waals surface area contributed by atoms with Crippen molar-refractivity contribution in [3.63, 3.8) is 0 Å². The van der Waals surface area contributed by atoms with Crippen LogP contribution in [-0.4, -0.2) is 83.4 Å². The number of nitrogens with zero attached hydrogens (tertiary/aromatic N) is 1. The third-order valence-corrected chi connectivity index (χ3v) is 16.0. The average molecular weight is 616 g/mol. The van der Waals surface area contributed by atoms with Gasteiger partial charge >= 0.3 is 5.97 Å². The van der Waals surface area contributed by atoms with Crippen LogP contribution in [0.3, 0.4) is 0 Å². The number of rotatable bonds is 6. The number of esters is 1. The highest BCUT2D eigenvalue weighted by molar-refractivity contribution is 5.77. The van der Waals surface area contributed by atoms with Gasteiger partial charge in [0, 0.05) is 24.0 Å².